The van der Waals surface area contributed by atoms with Gasteiger partial charge in [-0.3, -0.25) is 0 Å². The van der Waals surface area contributed by atoms with Gasteiger partial charge in [-0.25, -0.2) is 4.39 Å². The Bertz CT molecular complexity index is 527. The summed E-state index contributed by atoms with van der Waals surface area (Å²) >= 11 is 1.73. The summed E-state index contributed by atoms with van der Waals surface area (Å²) < 4.78 is 18.7. The number of hydrogen-bond acceptors (Lipinski definition) is 3. The van der Waals surface area contributed by atoms with Crippen molar-refractivity contribution in [2.24, 2.45) is 0 Å². The minimum Gasteiger partial charge on any atom is -0.494 e. The van der Waals surface area contributed by atoms with Gasteiger partial charge >= 0.3 is 0 Å². The Morgan fingerprint density at radius 2 is 2.20 bits per heavy atom. The third-order valence-corrected chi connectivity index (χ3v) is 4.17. The highest BCUT2D eigenvalue weighted by Gasteiger charge is 2.13. The second kappa shape index (κ2) is 7.41. The molecule has 4 heteroatoms. The van der Waals surface area contributed by atoms with E-state index in [1.165, 1.54) is 12.0 Å². The van der Waals surface area contributed by atoms with Crippen molar-refractivity contribution in [3.63, 3.8) is 0 Å². The Morgan fingerprint density at radius 1 is 1.35 bits per heavy atom. The van der Waals surface area contributed by atoms with Crippen molar-refractivity contribution < 1.29 is 9.13 Å². The SMILES string of the molecule is CCCNC(Cc1ccc(OC)c(F)c1)c1cccs1. The molecule has 2 nitrogen and oxygen atoms in total. The maximum absolute atomic E-state index is 13.8. The van der Waals surface area contributed by atoms with Crippen molar-refractivity contribution in [2.75, 3.05) is 13.7 Å². The molecule has 0 amide bonds. The van der Waals surface area contributed by atoms with E-state index in [1.54, 1.807) is 23.5 Å². The lowest BCUT2D eigenvalue weighted by Gasteiger charge is -2.17. The fourth-order valence-electron chi connectivity index (χ4n) is 2.15. The van der Waals surface area contributed by atoms with Crippen molar-refractivity contribution in [3.8, 4) is 5.75 Å². The monoisotopic (exact) mass is 293 g/mol. The van der Waals surface area contributed by atoms with Crippen LogP contribution in [0.25, 0.3) is 0 Å². The van der Waals surface area contributed by atoms with Gasteiger partial charge in [0.1, 0.15) is 0 Å². The molecule has 20 heavy (non-hydrogen) atoms. The van der Waals surface area contributed by atoms with Gasteiger partial charge in [0.05, 0.1) is 7.11 Å². The number of rotatable bonds is 7. The second-order valence-corrected chi connectivity index (χ2v) is 5.67. The van der Waals surface area contributed by atoms with Crippen LogP contribution in [-0.2, 0) is 6.42 Å². The summed E-state index contributed by atoms with van der Waals surface area (Å²) in [5, 5.41) is 5.60. The van der Waals surface area contributed by atoms with Crippen LogP contribution in [0.5, 0.6) is 5.75 Å². The normalized spacial score (nSPS) is 12.3. The van der Waals surface area contributed by atoms with Gasteiger partial charge in [0.15, 0.2) is 11.6 Å². The minimum atomic E-state index is -0.301. The molecule has 1 atom stereocenters. The molecule has 0 fully saturated rings. The Kier molecular flexibility index (Phi) is 5.56. The molecular formula is C16H20FNOS. The van der Waals surface area contributed by atoms with E-state index >= 15 is 0 Å². The molecule has 0 spiro atoms. The van der Waals surface area contributed by atoms with Gasteiger partial charge in [-0.2, -0.15) is 0 Å². The fraction of sp³-hybridized carbons (Fsp3) is 0.375. The maximum Gasteiger partial charge on any atom is 0.165 e. The van der Waals surface area contributed by atoms with Crippen LogP contribution >= 0.6 is 11.3 Å². The van der Waals surface area contributed by atoms with E-state index in [1.807, 2.05) is 6.07 Å². The zero-order valence-electron chi connectivity index (χ0n) is 11.9. The molecule has 0 aliphatic heterocycles. The second-order valence-electron chi connectivity index (χ2n) is 4.70. The van der Waals surface area contributed by atoms with Crippen molar-refractivity contribution in [1.82, 2.24) is 5.32 Å². The Labute approximate surface area is 123 Å². The smallest absolute Gasteiger partial charge is 0.165 e. The molecule has 0 aliphatic carbocycles. The van der Waals surface area contributed by atoms with Gasteiger partial charge < -0.3 is 10.1 Å². The van der Waals surface area contributed by atoms with Crippen molar-refractivity contribution in [3.05, 3.63) is 52.0 Å². The first-order valence-electron chi connectivity index (χ1n) is 6.83. The summed E-state index contributed by atoms with van der Waals surface area (Å²) in [7, 11) is 1.48. The Morgan fingerprint density at radius 3 is 2.80 bits per heavy atom. The van der Waals surface area contributed by atoms with Crippen LogP contribution in [0.4, 0.5) is 4.39 Å². The van der Waals surface area contributed by atoms with Crippen LogP contribution in [0.15, 0.2) is 35.7 Å². The lowest BCUT2D eigenvalue weighted by atomic mass is 10.0. The Hall–Kier alpha value is -1.39. The fourth-order valence-corrected chi connectivity index (χ4v) is 2.96. The predicted octanol–water partition coefficient (Wildman–Crippen LogP) is 4.18. The van der Waals surface area contributed by atoms with E-state index in [9.17, 15) is 4.39 Å². The molecule has 0 saturated carbocycles. The van der Waals surface area contributed by atoms with Crippen molar-refractivity contribution in [2.45, 2.75) is 25.8 Å². The molecule has 1 unspecified atom stereocenters. The quantitative estimate of drug-likeness (QED) is 0.827. The van der Waals surface area contributed by atoms with Crippen LogP contribution in [0.2, 0.25) is 0 Å². The number of ether oxygens (including phenoxy) is 1. The topological polar surface area (TPSA) is 21.3 Å². The molecule has 108 valence electrons. The third kappa shape index (κ3) is 3.81. The van der Waals surface area contributed by atoms with Crippen LogP contribution in [0.3, 0.4) is 0 Å². The van der Waals surface area contributed by atoms with Crippen LogP contribution in [0, 0.1) is 5.82 Å². The van der Waals surface area contributed by atoms with E-state index < -0.39 is 0 Å². The molecule has 1 aromatic heterocycles. The summed E-state index contributed by atoms with van der Waals surface area (Å²) in [6, 6.07) is 9.59. The van der Waals surface area contributed by atoms with Gasteiger partial charge in [-0.1, -0.05) is 19.1 Å². The summed E-state index contributed by atoms with van der Waals surface area (Å²) in [4.78, 5) is 1.29. The molecule has 1 heterocycles. The van der Waals surface area contributed by atoms with Crippen molar-refractivity contribution >= 4 is 11.3 Å². The van der Waals surface area contributed by atoms with Crippen molar-refractivity contribution in [1.29, 1.82) is 0 Å². The largest absolute Gasteiger partial charge is 0.494 e. The summed E-state index contributed by atoms with van der Waals surface area (Å²) in [5.41, 5.74) is 0.977. The standard InChI is InChI=1S/C16H20FNOS/c1-3-8-18-14(16-5-4-9-20-16)11-12-6-7-15(19-2)13(17)10-12/h4-7,9-10,14,18H,3,8,11H2,1-2H3. The molecule has 1 N–H and O–H groups in total. The van der Waals surface area contributed by atoms with E-state index in [0.29, 0.717) is 5.75 Å². The summed E-state index contributed by atoms with van der Waals surface area (Å²) in [5.74, 6) is -0.00615. The Balaban J connectivity index is 2.13. The molecule has 0 bridgehead atoms. The maximum atomic E-state index is 13.8. The molecule has 2 aromatic rings. The highest BCUT2D eigenvalue weighted by molar-refractivity contribution is 7.10. The number of halogens is 1. The van der Waals surface area contributed by atoms with Crippen LogP contribution < -0.4 is 10.1 Å². The number of thiophene rings is 1. The zero-order valence-corrected chi connectivity index (χ0v) is 12.7. The van der Waals surface area contributed by atoms with E-state index in [0.717, 1.165) is 24.9 Å². The average Bonchev–Trinajstić information content (AvgIpc) is 2.97. The lowest BCUT2D eigenvalue weighted by molar-refractivity contribution is 0.386. The number of benzene rings is 1. The highest BCUT2D eigenvalue weighted by Crippen LogP contribution is 2.25. The van der Waals surface area contributed by atoms with Crippen LogP contribution in [0.1, 0.15) is 29.8 Å². The molecular weight excluding hydrogens is 273 g/mol. The summed E-state index contributed by atoms with van der Waals surface area (Å²) in [6.45, 7) is 3.10. The molecule has 0 radical (unpaired) electrons. The van der Waals surface area contributed by atoms with Crippen LogP contribution in [-0.4, -0.2) is 13.7 Å². The number of nitrogens with one attached hydrogen (secondary N) is 1. The first-order valence-corrected chi connectivity index (χ1v) is 7.71. The van der Waals surface area contributed by atoms with E-state index in [-0.39, 0.29) is 11.9 Å². The lowest BCUT2D eigenvalue weighted by Crippen LogP contribution is -2.23. The predicted molar refractivity (Wildman–Crippen MR) is 82.0 cm³/mol. The number of methoxy groups -OCH3 is 1. The third-order valence-electron chi connectivity index (χ3n) is 3.18. The van der Waals surface area contributed by atoms with Gasteiger partial charge in [-0.15, -0.1) is 11.3 Å². The minimum absolute atomic E-state index is 0.239. The zero-order chi connectivity index (χ0) is 14.4. The molecule has 1 aromatic carbocycles. The van der Waals surface area contributed by atoms with Gasteiger partial charge in [0.25, 0.3) is 0 Å². The number of hydrogen-bond donors (Lipinski definition) is 1. The van der Waals surface area contributed by atoms with E-state index in [4.69, 9.17) is 4.74 Å². The first-order chi connectivity index (χ1) is 9.74. The van der Waals surface area contributed by atoms with Gasteiger partial charge in [0.2, 0.25) is 0 Å². The average molecular weight is 293 g/mol. The summed E-state index contributed by atoms with van der Waals surface area (Å²) in [6.07, 6.45) is 1.86. The molecule has 0 aliphatic rings. The van der Waals surface area contributed by atoms with Gasteiger partial charge in [-0.05, 0) is 48.5 Å². The van der Waals surface area contributed by atoms with Gasteiger partial charge in [0, 0.05) is 10.9 Å². The first kappa shape index (κ1) is 15.0. The molecule has 0 saturated heterocycles. The van der Waals surface area contributed by atoms with E-state index in [2.05, 4.69) is 29.8 Å². The molecule has 2 rings (SSSR count). The highest BCUT2D eigenvalue weighted by atomic mass is 32.1.